The molecule has 0 bridgehead atoms. The molecule has 2 aromatic carbocycles. The number of benzene rings is 2. The van der Waals surface area contributed by atoms with Crippen LogP contribution in [0.3, 0.4) is 0 Å². The summed E-state index contributed by atoms with van der Waals surface area (Å²) in [4.78, 5) is 20.4. The van der Waals surface area contributed by atoms with E-state index in [4.69, 9.17) is 10.2 Å². The van der Waals surface area contributed by atoms with Crippen LogP contribution in [0.25, 0.3) is 0 Å². The molecule has 20 heavy (non-hydrogen) atoms. The molecule has 0 saturated heterocycles. The van der Waals surface area contributed by atoms with Gasteiger partial charge in [0.2, 0.25) is 0 Å². The SMILES string of the molecule is O.O=C(O)c1ccccc1.O=C(O)c1ccccc1.[Pb]. The van der Waals surface area contributed by atoms with Gasteiger partial charge in [-0.15, -0.1) is 0 Å². The maximum Gasteiger partial charge on any atom is 0.335 e. The van der Waals surface area contributed by atoms with E-state index in [9.17, 15) is 9.59 Å². The third-order valence-electron chi connectivity index (χ3n) is 2.04. The Balaban J connectivity index is 0. The zero-order chi connectivity index (χ0) is 13.4. The summed E-state index contributed by atoms with van der Waals surface area (Å²) in [6.07, 6.45) is 0. The summed E-state index contributed by atoms with van der Waals surface area (Å²) in [6.45, 7) is 0. The number of carboxylic acid groups (broad SMARTS) is 2. The Hall–Kier alpha value is -1.74. The Morgan fingerprint density at radius 3 is 1.05 bits per heavy atom. The molecule has 0 atom stereocenters. The predicted molar refractivity (Wildman–Crippen MR) is 76.2 cm³/mol. The molecule has 2 aromatic rings. The van der Waals surface area contributed by atoms with Gasteiger partial charge in [-0.05, 0) is 24.3 Å². The van der Waals surface area contributed by atoms with Gasteiger partial charge in [0, 0.05) is 27.3 Å². The molecule has 2 rings (SSSR count). The van der Waals surface area contributed by atoms with Crippen molar-refractivity contribution in [3.05, 3.63) is 71.8 Å². The molecule has 0 heterocycles. The number of hydrogen-bond acceptors (Lipinski definition) is 2. The van der Waals surface area contributed by atoms with Crippen LogP contribution in [-0.2, 0) is 0 Å². The van der Waals surface area contributed by atoms with E-state index in [1.165, 1.54) is 0 Å². The van der Waals surface area contributed by atoms with Gasteiger partial charge >= 0.3 is 11.9 Å². The standard InChI is InChI=1S/2C7H6O2.H2O.Pb/c2*8-7(9)6-4-2-1-3-5-6;;/h2*1-5H,(H,8,9);1H2;. The van der Waals surface area contributed by atoms with E-state index in [0.717, 1.165) is 0 Å². The molecule has 0 aliphatic rings. The van der Waals surface area contributed by atoms with Crippen LogP contribution in [0.2, 0.25) is 0 Å². The number of aromatic carboxylic acids is 2. The van der Waals surface area contributed by atoms with Crippen molar-refractivity contribution < 1.29 is 25.3 Å². The normalized spacial score (nSPS) is 8.00. The van der Waals surface area contributed by atoms with E-state index in [2.05, 4.69) is 0 Å². The van der Waals surface area contributed by atoms with Crippen LogP contribution in [0.15, 0.2) is 60.7 Å². The van der Waals surface area contributed by atoms with Crippen molar-refractivity contribution in [2.75, 3.05) is 0 Å². The average Bonchev–Trinajstić information content (AvgIpc) is 2.41. The summed E-state index contributed by atoms with van der Waals surface area (Å²) in [5, 5.41) is 16.8. The topological polar surface area (TPSA) is 106 Å². The largest absolute Gasteiger partial charge is 0.478 e. The molecule has 6 heteroatoms. The van der Waals surface area contributed by atoms with Gasteiger partial charge in [-0.3, -0.25) is 0 Å². The molecule has 0 aliphatic carbocycles. The van der Waals surface area contributed by atoms with Crippen molar-refractivity contribution in [1.82, 2.24) is 0 Å². The smallest absolute Gasteiger partial charge is 0.335 e. The van der Waals surface area contributed by atoms with E-state index >= 15 is 0 Å². The van der Waals surface area contributed by atoms with E-state index in [1.807, 2.05) is 0 Å². The predicted octanol–water partition coefficient (Wildman–Crippen LogP) is 1.56. The van der Waals surface area contributed by atoms with Crippen molar-refractivity contribution in [3.63, 3.8) is 0 Å². The van der Waals surface area contributed by atoms with Gasteiger partial charge in [-0.1, -0.05) is 36.4 Å². The third kappa shape index (κ3) is 7.64. The summed E-state index contributed by atoms with van der Waals surface area (Å²) in [5.74, 6) is -1.76. The fourth-order valence-corrected chi connectivity index (χ4v) is 1.16. The Kier molecular flexibility index (Phi) is 11.4. The Labute approximate surface area is 136 Å². The van der Waals surface area contributed by atoms with Crippen LogP contribution < -0.4 is 0 Å². The van der Waals surface area contributed by atoms with E-state index < -0.39 is 11.9 Å². The first-order valence-corrected chi connectivity index (χ1v) is 5.18. The van der Waals surface area contributed by atoms with Crippen molar-refractivity contribution in [2.24, 2.45) is 0 Å². The van der Waals surface area contributed by atoms with Crippen LogP contribution in [0.1, 0.15) is 20.7 Å². The van der Waals surface area contributed by atoms with Crippen LogP contribution in [-0.4, -0.2) is 54.9 Å². The van der Waals surface area contributed by atoms with Crippen molar-refractivity contribution in [3.8, 4) is 0 Å². The first-order valence-electron chi connectivity index (χ1n) is 5.18. The fraction of sp³-hybridized carbons (Fsp3) is 0. The summed E-state index contributed by atoms with van der Waals surface area (Å²) < 4.78 is 0. The maximum atomic E-state index is 10.2. The first kappa shape index (κ1) is 20.6. The second kappa shape index (κ2) is 11.1. The molecule has 0 amide bonds. The van der Waals surface area contributed by atoms with Gasteiger partial charge in [0.1, 0.15) is 0 Å². The van der Waals surface area contributed by atoms with Crippen LogP contribution in [0.4, 0.5) is 0 Å². The summed E-state index contributed by atoms with van der Waals surface area (Å²) in [5.41, 5.74) is 0.662. The quantitative estimate of drug-likeness (QED) is 0.652. The van der Waals surface area contributed by atoms with E-state index in [0.29, 0.717) is 11.1 Å². The Morgan fingerprint density at radius 2 is 0.900 bits per heavy atom. The molecular formula is C14H14O5Pb. The van der Waals surface area contributed by atoms with Gasteiger partial charge in [0.05, 0.1) is 11.1 Å². The summed E-state index contributed by atoms with van der Waals surface area (Å²) >= 11 is 0. The van der Waals surface area contributed by atoms with E-state index in [1.54, 1.807) is 60.7 Å². The second-order valence-corrected chi connectivity index (χ2v) is 3.34. The van der Waals surface area contributed by atoms with Crippen LogP contribution in [0.5, 0.6) is 0 Å². The van der Waals surface area contributed by atoms with Gasteiger partial charge in [0.15, 0.2) is 0 Å². The Morgan fingerprint density at radius 1 is 0.650 bits per heavy atom. The van der Waals surface area contributed by atoms with Gasteiger partial charge in [0.25, 0.3) is 0 Å². The Bertz CT molecular complexity index is 464. The second-order valence-electron chi connectivity index (χ2n) is 3.34. The third-order valence-corrected chi connectivity index (χ3v) is 2.04. The molecule has 0 aliphatic heterocycles. The number of carbonyl (C=O) groups is 2. The average molecular weight is 469 g/mol. The minimum absolute atomic E-state index is 0. The molecule has 0 unspecified atom stereocenters. The number of rotatable bonds is 2. The molecule has 0 fully saturated rings. The molecule has 0 saturated carbocycles. The van der Waals surface area contributed by atoms with Gasteiger partial charge < -0.3 is 15.7 Å². The zero-order valence-electron chi connectivity index (χ0n) is 10.5. The first-order chi connectivity index (χ1) is 8.61. The molecule has 104 valence electrons. The molecule has 0 aromatic heterocycles. The maximum absolute atomic E-state index is 10.2. The number of hydrogen-bond donors (Lipinski definition) is 2. The number of carboxylic acids is 2. The van der Waals surface area contributed by atoms with Gasteiger partial charge in [-0.25, -0.2) is 9.59 Å². The molecular weight excluding hydrogens is 455 g/mol. The van der Waals surface area contributed by atoms with Crippen LogP contribution >= 0.6 is 0 Å². The monoisotopic (exact) mass is 470 g/mol. The fourth-order valence-electron chi connectivity index (χ4n) is 1.16. The van der Waals surface area contributed by atoms with E-state index in [-0.39, 0.29) is 32.8 Å². The van der Waals surface area contributed by atoms with Crippen molar-refractivity contribution in [1.29, 1.82) is 0 Å². The molecule has 5 nitrogen and oxygen atoms in total. The van der Waals surface area contributed by atoms with Crippen molar-refractivity contribution >= 4 is 39.2 Å². The summed E-state index contributed by atoms with van der Waals surface area (Å²) in [6, 6.07) is 16.6. The molecule has 4 N–H and O–H groups in total. The minimum atomic E-state index is -0.879. The summed E-state index contributed by atoms with van der Waals surface area (Å²) in [7, 11) is 0. The van der Waals surface area contributed by atoms with Crippen LogP contribution in [0, 0.1) is 0 Å². The zero-order valence-corrected chi connectivity index (χ0v) is 14.4. The molecule has 0 spiro atoms. The van der Waals surface area contributed by atoms with Gasteiger partial charge in [-0.2, -0.15) is 0 Å². The molecule has 4 radical (unpaired) electrons. The van der Waals surface area contributed by atoms with Crippen molar-refractivity contribution in [2.45, 2.75) is 0 Å². The minimum Gasteiger partial charge on any atom is -0.478 e.